The van der Waals surface area contributed by atoms with Crippen LogP contribution in [0, 0.1) is 0 Å². The summed E-state index contributed by atoms with van der Waals surface area (Å²) in [6.45, 7) is 4.44. The van der Waals surface area contributed by atoms with Crippen molar-refractivity contribution in [2.45, 2.75) is 20.0 Å². The zero-order valence-corrected chi connectivity index (χ0v) is 12.2. The Morgan fingerprint density at radius 3 is 2.90 bits per heavy atom. The van der Waals surface area contributed by atoms with Crippen molar-refractivity contribution < 1.29 is 9.47 Å². The predicted molar refractivity (Wildman–Crippen MR) is 76.6 cm³/mol. The number of aryl methyl sites for hydroxylation is 1. The van der Waals surface area contributed by atoms with Gasteiger partial charge in [-0.2, -0.15) is 5.10 Å². The van der Waals surface area contributed by atoms with Gasteiger partial charge in [-0.05, 0) is 6.42 Å². The van der Waals surface area contributed by atoms with E-state index in [9.17, 15) is 0 Å². The van der Waals surface area contributed by atoms with Crippen molar-refractivity contribution in [1.29, 1.82) is 0 Å². The standard InChI is InChI=1S/C13H21N5O2/c1-4-5-14-12-10-8-15-18(2)13(10)17-11(16-12)9-20-7-6-19-3/h8H,4-7,9H2,1-3H3,(H,14,16,17). The summed E-state index contributed by atoms with van der Waals surface area (Å²) in [5, 5.41) is 8.47. The van der Waals surface area contributed by atoms with Crippen molar-refractivity contribution in [1.82, 2.24) is 19.7 Å². The highest BCUT2D eigenvalue weighted by molar-refractivity contribution is 5.86. The van der Waals surface area contributed by atoms with E-state index < -0.39 is 0 Å². The first-order valence-electron chi connectivity index (χ1n) is 6.75. The third-order valence-electron chi connectivity index (χ3n) is 2.84. The first-order valence-corrected chi connectivity index (χ1v) is 6.75. The molecule has 2 rings (SSSR count). The minimum atomic E-state index is 0.366. The Bertz CT molecular complexity index is 555. The van der Waals surface area contributed by atoms with E-state index in [0.717, 1.165) is 29.8 Å². The molecule has 0 radical (unpaired) electrons. The van der Waals surface area contributed by atoms with Crippen molar-refractivity contribution in [3.63, 3.8) is 0 Å². The van der Waals surface area contributed by atoms with Gasteiger partial charge in [-0.15, -0.1) is 0 Å². The molecule has 0 atom stereocenters. The lowest BCUT2D eigenvalue weighted by molar-refractivity contribution is 0.0587. The van der Waals surface area contributed by atoms with Crippen LogP contribution in [0.5, 0.6) is 0 Å². The average Bonchev–Trinajstić information content (AvgIpc) is 2.83. The van der Waals surface area contributed by atoms with Crippen molar-refractivity contribution in [3.8, 4) is 0 Å². The molecule has 0 aromatic carbocycles. The van der Waals surface area contributed by atoms with Gasteiger partial charge in [0, 0.05) is 20.7 Å². The van der Waals surface area contributed by atoms with Gasteiger partial charge in [0.25, 0.3) is 0 Å². The number of aromatic nitrogens is 4. The van der Waals surface area contributed by atoms with Gasteiger partial charge in [0.1, 0.15) is 12.4 Å². The fourth-order valence-corrected chi connectivity index (χ4v) is 1.82. The van der Waals surface area contributed by atoms with Gasteiger partial charge < -0.3 is 14.8 Å². The smallest absolute Gasteiger partial charge is 0.163 e. The number of anilines is 1. The molecule has 0 aliphatic rings. The van der Waals surface area contributed by atoms with Crippen LogP contribution in [-0.4, -0.2) is 46.6 Å². The minimum Gasteiger partial charge on any atom is -0.382 e. The molecule has 0 fully saturated rings. The zero-order valence-electron chi connectivity index (χ0n) is 12.2. The lowest BCUT2D eigenvalue weighted by atomic mass is 10.3. The molecule has 7 nitrogen and oxygen atoms in total. The van der Waals surface area contributed by atoms with Crippen molar-refractivity contribution in [3.05, 3.63) is 12.0 Å². The molecule has 0 unspecified atom stereocenters. The van der Waals surface area contributed by atoms with E-state index in [1.54, 1.807) is 18.0 Å². The monoisotopic (exact) mass is 279 g/mol. The van der Waals surface area contributed by atoms with Gasteiger partial charge in [0.05, 0.1) is 24.8 Å². The number of methoxy groups -OCH3 is 1. The minimum absolute atomic E-state index is 0.366. The van der Waals surface area contributed by atoms with Gasteiger partial charge in [0.2, 0.25) is 0 Å². The van der Waals surface area contributed by atoms with Crippen LogP contribution in [0.4, 0.5) is 5.82 Å². The number of hydrogen-bond acceptors (Lipinski definition) is 6. The maximum Gasteiger partial charge on any atom is 0.163 e. The lowest BCUT2D eigenvalue weighted by Crippen LogP contribution is -2.09. The number of fused-ring (bicyclic) bond motifs is 1. The van der Waals surface area contributed by atoms with E-state index in [1.165, 1.54) is 0 Å². The molecular weight excluding hydrogens is 258 g/mol. The summed E-state index contributed by atoms with van der Waals surface area (Å²) >= 11 is 0. The predicted octanol–water partition coefficient (Wildman–Crippen LogP) is 1.35. The number of nitrogens with one attached hydrogen (secondary N) is 1. The topological polar surface area (TPSA) is 74.1 Å². The highest BCUT2D eigenvalue weighted by Crippen LogP contribution is 2.19. The second-order valence-electron chi connectivity index (χ2n) is 4.47. The summed E-state index contributed by atoms with van der Waals surface area (Å²) in [5.74, 6) is 1.46. The number of rotatable bonds is 8. The molecule has 2 aromatic rings. The van der Waals surface area contributed by atoms with E-state index in [2.05, 4.69) is 27.3 Å². The first-order chi connectivity index (χ1) is 9.76. The van der Waals surface area contributed by atoms with E-state index in [0.29, 0.717) is 25.6 Å². The summed E-state index contributed by atoms with van der Waals surface area (Å²) < 4.78 is 12.2. The molecule has 0 bridgehead atoms. The average molecular weight is 279 g/mol. The molecule has 7 heteroatoms. The largest absolute Gasteiger partial charge is 0.382 e. The fourth-order valence-electron chi connectivity index (χ4n) is 1.82. The normalized spacial score (nSPS) is 11.2. The molecule has 0 saturated carbocycles. The van der Waals surface area contributed by atoms with Crippen LogP contribution in [0.25, 0.3) is 11.0 Å². The van der Waals surface area contributed by atoms with E-state index in [1.807, 2.05) is 7.05 Å². The van der Waals surface area contributed by atoms with Gasteiger partial charge in [0.15, 0.2) is 11.5 Å². The highest BCUT2D eigenvalue weighted by Gasteiger charge is 2.11. The van der Waals surface area contributed by atoms with E-state index in [-0.39, 0.29) is 0 Å². The van der Waals surface area contributed by atoms with Crippen LogP contribution in [0.1, 0.15) is 19.2 Å². The SMILES string of the molecule is CCCNc1nc(COCCOC)nc2c1cnn2C. The van der Waals surface area contributed by atoms with Crippen LogP contribution in [0.15, 0.2) is 6.20 Å². The molecule has 0 spiro atoms. The first kappa shape index (κ1) is 14.7. The molecule has 0 saturated heterocycles. The molecule has 0 aliphatic heterocycles. The van der Waals surface area contributed by atoms with Gasteiger partial charge >= 0.3 is 0 Å². The fraction of sp³-hybridized carbons (Fsp3) is 0.615. The van der Waals surface area contributed by atoms with E-state index >= 15 is 0 Å². The molecule has 2 heterocycles. The van der Waals surface area contributed by atoms with Crippen LogP contribution in [0.2, 0.25) is 0 Å². The molecule has 0 aliphatic carbocycles. The second kappa shape index (κ2) is 7.16. The molecule has 110 valence electrons. The molecule has 20 heavy (non-hydrogen) atoms. The summed E-state index contributed by atoms with van der Waals surface area (Å²) in [6, 6.07) is 0. The Balaban J connectivity index is 2.19. The third kappa shape index (κ3) is 3.43. The van der Waals surface area contributed by atoms with Crippen LogP contribution >= 0.6 is 0 Å². The van der Waals surface area contributed by atoms with Crippen LogP contribution < -0.4 is 5.32 Å². The highest BCUT2D eigenvalue weighted by atomic mass is 16.5. The van der Waals surface area contributed by atoms with Crippen LogP contribution in [-0.2, 0) is 23.1 Å². The quantitative estimate of drug-likeness (QED) is 0.735. The van der Waals surface area contributed by atoms with Crippen molar-refractivity contribution >= 4 is 16.9 Å². The molecular formula is C13H21N5O2. The van der Waals surface area contributed by atoms with Crippen molar-refractivity contribution in [2.24, 2.45) is 7.05 Å². The maximum absolute atomic E-state index is 5.48. The second-order valence-corrected chi connectivity index (χ2v) is 4.47. The summed E-state index contributed by atoms with van der Waals surface area (Å²) in [6.07, 6.45) is 2.81. The number of ether oxygens (including phenoxy) is 2. The molecule has 2 aromatic heterocycles. The van der Waals surface area contributed by atoms with Crippen LogP contribution in [0.3, 0.4) is 0 Å². The molecule has 1 N–H and O–H groups in total. The maximum atomic E-state index is 5.48. The Labute approximate surface area is 118 Å². The van der Waals surface area contributed by atoms with E-state index in [4.69, 9.17) is 9.47 Å². The number of nitrogens with zero attached hydrogens (tertiary/aromatic N) is 4. The summed E-state index contributed by atoms with van der Waals surface area (Å²) in [7, 11) is 3.52. The summed E-state index contributed by atoms with van der Waals surface area (Å²) in [5.41, 5.74) is 0.809. The molecule has 0 amide bonds. The zero-order chi connectivity index (χ0) is 14.4. The lowest BCUT2D eigenvalue weighted by Gasteiger charge is -2.08. The summed E-state index contributed by atoms with van der Waals surface area (Å²) in [4.78, 5) is 8.99. The number of hydrogen-bond donors (Lipinski definition) is 1. The Morgan fingerprint density at radius 2 is 2.15 bits per heavy atom. The Morgan fingerprint density at radius 1 is 1.30 bits per heavy atom. The van der Waals surface area contributed by atoms with Gasteiger partial charge in [-0.1, -0.05) is 6.92 Å². The van der Waals surface area contributed by atoms with Gasteiger partial charge in [-0.3, -0.25) is 4.68 Å². The third-order valence-corrected chi connectivity index (χ3v) is 2.84. The van der Waals surface area contributed by atoms with Gasteiger partial charge in [-0.25, -0.2) is 9.97 Å². The van der Waals surface area contributed by atoms with Crippen molar-refractivity contribution in [2.75, 3.05) is 32.2 Å². The Hall–Kier alpha value is -1.73. The Kier molecular flexibility index (Phi) is 5.25.